The third kappa shape index (κ3) is 2.62. The molecule has 0 aliphatic heterocycles. The van der Waals surface area contributed by atoms with Crippen molar-refractivity contribution in [1.29, 1.82) is 0 Å². The number of nitrogens with one attached hydrogen (secondary N) is 1. The summed E-state index contributed by atoms with van der Waals surface area (Å²) in [6, 6.07) is 0.154. The Morgan fingerprint density at radius 2 is 2.06 bits per heavy atom. The molecular weight excluding hydrogens is 220 g/mol. The first-order chi connectivity index (χ1) is 7.79. The Morgan fingerprint density at radius 3 is 2.62 bits per heavy atom. The topological polar surface area (TPSA) is 50.7 Å². The summed E-state index contributed by atoms with van der Waals surface area (Å²) in [5, 5.41) is 3.23. The molecule has 0 aromatic carbocycles. The zero-order valence-electron chi connectivity index (χ0n) is 9.34. The number of aromatic nitrogens is 3. The van der Waals surface area contributed by atoms with Crippen LogP contribution in [0.4, 0.5) is 0 Å². The fourth-order valence-electron chi connectivity index (χ4n) is 1.45. The van der Waals surface area contributed by atoms with Gasteiger partial charge in [-0.3, -0.25) is 4.98 Å². The van der Waals surface area contributed by atoms with E-state index in [1.54, 1.807) is 11.3 Å². The summed E-state index contributed by atoms with van der Waals surface area (Å²) < 4.78 is 0. The summed E-state index contributed by atoms with van der Waals surface area (Å²) in [6.07, 6.45) is 6.46. The van der Waals surface area contributed by atoms with Crippen LogP contribution in [0.25, 0.3) is 0 Å². The van der Waals surface area contributed by atoms with Crippen molar-refractivity contribution in [1.82, 2.24) is 20.3 Å². The summed E-state index contributed by atoms with van der Waals surface area (Å²) in [4.78, 5) is 14.0. The predicted octanol–water partition coefficient (Wildman–Crippen LogP) is 1.74. The smallest absolute Gasteiger partial charge is 0.145 e. The van der Waals surface area contributed by atoms with Crippen LogP contribution >= 0.6 is 11.3 Å². The number of nitrogens with zero attached hydrogens (tertiary/aromatic N) is 3. The highest BCUT2D eigenvalue weighted by atomic mass is 32.1. The van der Waals surface area contributed by atoms with Gasteiger partial charge in [0.15, 0.2) is 0 Å². The van der Waals surface area contributed by atoms with E-state index < -0.39 is 0 Å². The molecule has 0 amide bonds. The van der Waals surface area contributed by atoms with Gasteiger partial charge in [-0.05, 0) is 19.5 Å². The molecule has 0 fully saturated rings. The molecule has 1 atom stereocenters. The van der Waals surface area contributed by atoms with E-state index in [9.17, 15) is 0 Å². The molecule has 16 heavy (non-hydrogen) atoms. The molecule has 2 heterocycles. The van der Waals surface area contributed by atoms with Gasteiger partial charge in [0.2, 0.25) is 0 Å². The van der Waals surface area contributed by atoms with Crippen LogP contribution in [0.1, 0.15) is 22.3 Å². The number of hydrogen-bond acceptors (Lipinski definition) is 5. The zero-order valence-corrected chi connectivity index (χ0v) is 10.2. The average Bonchev–Trinajstić information content (AvgIpc) is 2.80. The summed E-state index contributed by atoms with van der Waals surface area (Å²) in [5.41, 5.74) is 2.93. The standard InChI is InChI=1S/C11H14N4S/c1-8-4-14-11(15-5-8)10(12-2)3-9-6-13-7-16-9/h4-7,10,12H,3H2,1-2H3. The molecule has 0 spiro atoms. The minimum Gasteiger partial charge on any atom is -0.310 e. The fourth-order valence-corrected chi connectivity index (χ4v) is 2.09. The molecule has 0 saturated heterocycles. The first-order valence-corrected chi connectivity index (χ1v) is 6.00. The third-order valence-corrected chi connectivity index (χ3v) is 3.15. The van der Waals surface area contributed by atoms with Crippen LogP contribution in [0, 0.1) is 6.92 Å². The molecule has 4 nitrogen and oxygen atoms in total. The largest absolute Gasteiger partial charge is 0.310 e. The zero-order chi connectivity index (χ0) is 11.4. The highest BCUT2D eigenvalue weighted by Gasteiger charge is 2.13. The highest BCUT2D eigenvalue weighted by molar-refractivity contribution is 7.09. The monoisotopic (exact) mass is 234 g/mol. The van der Waals surface area contributed by atoms with Crippen LogP contribution in [-0.4, -0.2) is 22.0 Å². The molecule has 0 bridgehead atoms. The van der Waals surface area contributed by atoms with Gasteiger partial charge in [0.25, 0.3) is 0 Å². The summed E-state index contributed by atoms with van der Waals surface area (Å²) in [5.74, 6) is 0.835. The van der Waals surface area contributed by atoms with E-state index in [2.05, 4.69) is 20.3 Å². The average molecular weight is 234 g/mol. The number of aryl methyl sites for hydroxylation is 1. The Hall–Kier alpha value is -1.33. The lowest BCUT2D eigenvalue weighted by molar-refractivity contribution is 0.560. The SMILES string of the molecule is CNC(Cc1cncs1)c1ncc(C)cn1. The van der Waals surface area contributed by atoms with E-state index in [4.69, 9.17) is 0 Å². The minimum absolute atomic E-state index is 0.154. The van der Waals surface area contributed by atoms with Crippen LogP contribution < -0.4 is 5.32 Å². The van der Waals surface area contributed by atoms with Crippen LogP contribution in [0.3, 0.4) is 0 Å². The lowest BCUT2D eigenvalue weighted by Gasteiger charge is -2.13. The molecule has 2 aromatic rings. The molecule has 0 saturated carbocycles. The van der Waals surface area contributed by atoms with Gasteiger partial charge in [-0.1, -0.05) is 0 Å². The van der Waals surface area contributed by atoms with Gasteiger partial charge in [-0.15, -0.1) is 11.3 Å². The molecule has 0 radical (unpaired) electrons. The Balaban J connectivity index is 2.13. The molecular formula is C11H14N4S. The summed E-state index contributed by atoms with van der Waals surface area (Å²) >= 11 is 1.66. The van der Waals surface area contributed by atoms with Gasteiger partial charge < -0.3 is 5.32 Å². The Bertz CT molecular complexity index is 424. The van der Waals surface area contributed by atoms with Crippen LogP contribution in [-0.2, 0) is 6.42 Å². The summed E-state index contributed by atoms with van der Waals surface area (Å²) in [6.45, 7) is 1.99. The molecule has 84 valence electrons. The van der Waals surface area contributed by atoms with E-state index in [0.29, 0.717) is 0 Å². The fraction of sp³-hybridized carbons (Fsp3) is 0.364. The van der Waals surface area contributed by atoms with Gasteiger partial charge in [0, 0.05) is 29.9 Å². The van der Waals surface area contributed by atoms with Crippen molar-refractivity contribution in [3.63, 3.8) is 0 Å². The van der Waals surface area contributed by atoms with Crippen LogP contribution in [0.5, 0.6) is 0 Å². The maximum Gasteiger partial charge on any atom is 0.145 e. The van der Waals surface area contributed by atoms with E-state index >= 15 is 0 Å². The second-order valence-electron chi connectivity index (χ2n) is 3.63. The van der Waals surface area contributed by atoms with Gasteiger partial charge in [-0.2, -0.15) is 0 Å². The molecule has 1 unspecified atom stereocenters. The van der Waals surface area contributed by atoms with E-state index in [1.807, 2.05) is 38.1 Å². The van der Waals surface area contributed by atoms with Crippen molar-refractivity contribution in [3.05, 3.63) is 40.4 Å². The second-order valence-corrected chi connectivity index (χ2v) is 4.60. The molecule has 0 aliphatic rings. The van der Waals surface area contributed by atoms with Crippen LogP contribution in [0.2, 0.25) is 0 Å². The molecule has 2 rings (SSSR count). The number of hydrogen-bond donors (Lipinski definition) is 1. The second kappa shape index (κ2) is 5.14. The highest BCUT2D eigenvalue weighted by Crippen LogP contribution is 2.17. The first kappa shape index (κ1) is 11.2. The van der Waals surface area contributed by atoms with Gasteiger partial charge in [-0.25, -0.2) is 9.97 Å². The lowest BCUT2D eigenvalue weighted by atomic mass is 10.2. The Morgan fingerprint density at radius 1 is 1.31 bits per heavy atom. The van der Waals surface area contributed by atoms with Crippen molar-refractivity contribution in [2.24, 2.45) is 0 Å². The maximum atomic E-state index is 4.34. The van der Waals surface area contributed by atoms with Gasteiger partial charge in [0.1, 0.15) is 5.82 Å². The molecule has 1 N–H and O–H groups in total. The quantitative estimate of drug-likeness (QED) is 0.875. The lowest BCUT2D eigenvalue weighted by Crippen LogP contribution is -2.20. The molecule has 0 aliphatic carbocycles. The van der Waals surface area contributed by atoms with Gasteiger partial charge in [0.05, 0.1) is 11.6 Å². The summed E-state index contributed by atoms with van der Waals surface area (Å²) in [7, 11) is 1.93. The van der Waals surface area contributed by atoms with E-state index in [-0.39, 0.29) is 6.04 Å². The van der Waals surface area contributed by atoms with Crippen molar-refractivity contribution in [2.75, 3.05) is 7.05 Å². The van der Waals surface area contributed by atoms with E-state index in [1.165, 1.54) is 4.88 Å². The maximum absolute atomic E-state index is 4.34. The predicted molar refractivity (Wildman–Crippen MR) is 64.4 cm³/mol. The van der Waals surface area contributed by atoms with Gasteiger partial charge >= 0.3 is 0 Å². The minimum atomic E-state index is 0.154. The van der Waals surface area contributed by atoms with Crippen LogP contribution in [0.15, 0.2) is 24.1 Å². The first-order valence-electron chi connectivity index (χ1n) is 5.13. The normalized spacial score (nSPS) is 12.6. The number of likely N-dealkylation sites (N-methyl/N-ethyl adjacent to an activating group) is 1. The third-order valence-electron chi connectivity index (χ3n) is 2.35. The number of thiazole rings is 1. The number of rotatable bonds is 4. The van der Waals surface area contributed by atoms with Crippen molar-refractivity contribution in [2.45, 2.75) is 19.4 Å². The van der Waals surface area contributed by atoms with Crippen molar-refractivity contribution in [3.8, 4) is 0 Å². The van der Waals surface area contributed by atoms with E-state index in [0.717, 1.165) is 17.8 Å². The Labute approximate surface area is 98.8 Å². The van der Waals surface area contributed by atoms with Crippen molar-refractivity contribution < 1.29 is 0 Å². The molecule has 2 aromatic heterocycles. The Kier molecular flexibility index (Phi) is 3.58. The van der Waals surface area contributed by atoms with Crippen molar-refractivity contribution >= 4 is 11.3 Å². The molecule has 5 heteroatoms.